The normalized spacial score (nSPS) is 16.4. The molecule has 2 rings (SSSR count). The van der Waals surface area contributed by atoms with E-state index in [0.717, 1.165) is 11.8 Å². The van der Waals surface area contributed by atoms with Gasteiger partial charge >= 0.3 is 0 Å². The van der Waals surface area contributed by atoms with Crippen molar-refractivity contribution in [1.82, 2.24) is 0 Å². The van der Waals surface area contributed by atoms with Crippen molar-refractivity contribution >= 4 is 17.4 Å². The highest BCUT2D eigenvalue weighted by molar-refractivity contribution is 7.97. The lowest BCUT2D eigenvalue weighted by atomic mass is 9.93. The van der Waals surface area contributed by atoms with Gasteiger partial charge in [-0.25, -0.2) is 0 Å². The molecule has 1 nitrogen and oxygen atoms in total. The van der Waals surface area contributed by atoms with Crippen molar-refractivity contribution in [3.8, 4) is 0 Å². The zero-order valence-corrected chi connectivity index (χ0v) is 9.44. The molecule has 0 unspecified atom stereocenters. The second-order valence-electron chi connectivity index (χ2n) is 3.90. The summed E-state index contributed by atoms with van der Waals surface area (Å²) in [6.07, 6.45) is 6.21. The first kappa shape index (κ1) is 9.91. The molecule has 0 aromatic heterocycles. The summed E-state index contributed by atoms with van der Waals surface area (Å²) in [7, 11) is 0. The van der Waals surface area contributed by atoms with Crippen LogP contribution < -0.4 is 5.32 Å². The topological polar surface area (TPSA) is 12.0 Å². The predicted octanol–water partition coefficient (Wildman–Crippen LogP) is 3.51. The van der Waals surface area contributed by atoms with Crippen molar-refractivity contribution in [2.45, 2.75) is 31.1 Å². The Morgan fingerprint density at radius 1 is 1.29 bits per heavy atom. The van der Waals surface area contributed by atoms with Crippen molar-refractivity contribution < 1.29 is 0 Å². The maximum Gasteiger partial charge on any atom is 0.0342 e. The summed E-state index contributed by atoms with van der Waals surface area (Å²) in [5, 5.41) is 3.54. The monoisotopic (exact) mass is 207 g/mol. The van der Waals surface area contributed by atoms with Crippen LogP contribution in [-0.4, -0.2) is 12.3 Å². The number of benzene rings is 1. The average Bonchev–Trinajstić information content (AvgIpc) is 2.14. The smallest absolute Gasteiger partial charge is 0.0342 e. The first-order valence-electron chi connectivity index (χ1n) is 5.23. The number of nitrogens with one attached hydrogen (secondary N) is 1. The highest BCUT2D eigenvalue weighted by atomic mass is 32.2. The van der Waals surface area contributed by atoms with Crippen molar-refractivity contribution in [2.75, 3.05) is 11.6 Å². The molecule has 0 amide bonds. The molecule has 0 heterocycles. The molecule has 0 atom stereocenters. The lowest BCUT2D eigenvalue weighted by Gasteiger charge is -2.27. The molecule has 0 saturated heterocycles. The lowest BCUT2D eigenvalue weighted by Crippen LogP contribution is -2.26. The molecule has 1 aromatic carbocycles. The minimum atomic E-state index is 0.737. The molecule has 1 aliphatic carbocycles. The molecule has 0 radical (unpaired) electrons. The fourth-order valence-electron chi connectivity index (χ4n) is 1.65. The Hall–Kier alpha value is -0.630. The third-order valence-corrected chi connectivity index (χ3v) is 3.36. The van der Waals surface area contributed by atoms with Crippen molar-refractivity contribution in [1.29, 1.82) is 0 Å². The highest BCUT2D eigenvalue weighted by Crippen LogP contribution is 2.23. The van der Waals surface area contributed by atoms with Crippen LogP contribution in [0.2, 0.25) is 0 Å². The van der Waals surface area contributed by atoms with Gasteiger partial charge in [0.1, 0.15) is 0 Å². The van der Waals surface area contributed by atoms with Gasteiger partial charge < -0.3 is 5.32 Å². The summed E-state index contributed by atoms with van der Waals surface area (Å²) < 4.78 is 0. The Morgan fingerprint density at radius 3 is 2.50 bits per heavy atom. The van der Waals surface area contributed by atoms with E-state index >= 15 is 0 Å². The van der Waals surface area contributed by atoms with Crippen LogP contribution in [0.1, 0.15) is 24.8 Å². The van der Waals surface area contributed by atoms with Gasteiger partial charge in [-0.3, -0.25) is 0 Å². The van der Waals surface area contributed by atoms with Crippen LogP contribution in [-0.2, 0) is 5.75 Å². The summed E-state index contributed by atoms with van der Waals surface area (Å²) in [5.74, 6) is 1.11. The van der Waals surface area contributed by atoms with Crippen LogP contribution in [0.25, 0.3) is 0 Å². The first-order chi connectivity index (χ1) is 6.88. The largest absolute Gasteiger partial charge is 0.382 e. The van der Waals surface area contributed by atoms with Gasteiger partial charge in [0.05, 0.1) is 0 Å². The number of hydrogen-bond acceptors (Lipinski definition) is 2. The Bertz CT molecular complexity index is 277. The standard InChI is InChI=1S/C12H17NS/c1-14-9-10-5-7-12(8-6-10)13-11-3-2-4-11/h5-8,11,13H,2-4,9H2,1H3. The molecule has 1 fully saturated rings. The van der Waals surface area contributed by atoms with E-state index in [2.05, 4.69) is 35.8 Å². The summed E-state index contributed by atoms with van der Waals surface area (Å²) in [4.78, 5) is 0. The first-order valence-corrected chi connectivity index (χ1v) is 6.62. The Morgan fingerprint density at radius 2 is 2.00 bits per heavy atom. The molecule has 0 aliphatic heterocycles. The SMILES string of the molecule is CSCc1ccc(NC2CCC2)cc1. The maximum atomic E-state index is 3.54. The molecule has 0 spiro atoms. The molecule has 1 aromatic rings. The van der Waals surface area contributed by atoms with Crippen LogP contribution in [0, 0.1) is 0 Å². The Labute approximate surface area is 90.3 Å². The predicted molar refractivity (Wildman–Crippen MR) is 64.9 cm³/mol. The van der Waals surface area contributed by atoms with E-state index in [1.54, 1.807) is 0 Å². The number of anilines is 1. The van der Waals surface area contributed by atoms with Crippen LogP contribution in [0.4, 0.5) is 5.69 Å². The van der Waals surface area contributed by atoms with Gasteiger partial charge in [0.15, 0.2) is 0 Å². The van der Waals surface area contributed by atoms with Gasteiger partial charge in [0.25, 0.3) is 0 Å². The molecule has 1 N–H and O–H groups in total. The lowest BCUT2D eigenvalue weighted by molar-refractivity contribution is 0.445. The minimum absolute atomic E-state index is 0.737. The molecule has 0 bridgehead atoms. The quantitative estimate of drug-likeness (QED) is 0.811. The van der Waals surface area contributed by atoms with E-state index in [9.17, 15) is 0 Å². The van der Waals surface area contributed by atoms with Crippen molar-refractivity contribution in [3.63, 3.8) is 0 Å². The van der Waals surface area contributed by atoms with E-state index in [1.165, 1.54) is 30.5 Å². The molecule has 76 valence electrons. The molecule has 1 saturated carbocycles. The number of rotatable bonds is 4. The third-order valence-electron chi connectivity index (χ3n) is 2.74. The second kappa shape index (κ2) is 4.74. The molecular weight excluding hydrogens is 190 g/mol. The number of hydrogen-bond donors (Lipinski definition) is 1. The summed E-state index contributed by atoms with van der Waals surface area (Å²) in [6.45, 7) is 0. The van der Waals surface area contributed by atoms with E-state index in [1.807, 2.05) is 11.8 Å². The van der Waals surface area contributed by atoms with Crippen LogP contribution >= 0.6 is 11.8 Å². The van der Waals surface area contributed by atoms with Crippen molar-refractivity contribution in [2.24, 2.45) is 0 Å². The highest BCUT2D eigenvalue weighted by Gasteiger charge is 2.16. The van der Waals surface area contributed by atoms with Crippen LogP contribution in [0.3, 0.4) is 0 Å². The molecular formula is C12H17NS. The van der Waals surface area contributed by atoms with Gasteiger partial charge in [-0.2, -0.15) is 11.8 Å². The van der Waals surface area contributed by atoms with E-state index in [-0.39, 0.29) is 0 Å². The zero-order chi connectivity index (χ0) is 9.80. The number of thioether (sulfide) groups is 1. The van der Waals surface area contributed by atoms with Gasteiger partial charge in [0.2, 0.25) is 0 Å². The average molecular weight is 207 g/mol. The zero-order valence-electron chi connectivity index (χ0n) is 8.62. The fraction of sp³-hybridized carbons (Fsp3) is 0.500. The minimum Gasteiger partial charge on any atom is -0.382 e. The molecule has 2 heteroatoms. The van der Waals surface area contributed by atoms with Gasteiger partial charge in [-0.1, -0.05) is 12.1 Å². The van der Waals surface area contributed by atoms with E-state index in [4.69, 9.17) is 0 Å². The summed E-state index contributed by atoms with van der Waals surface area (Å²) in [6, 6.07) is 9.57. The molecule has 14 heavy (non-hydrogen) atoms. The summed E-state index contributed by atoms with van der Waals surface area (Å²) >= 11 is 1.87. The molecule has 1 aliphatic rings. The maximum absolute atomic E-state index is 3.54. The fourth-order valence-corrected chi connectivity index (χ4v) is 2.18. The Balaban J connectivity index is 1.91. The van der Waals surface area contributed by atoms with Gasteiger partial charge in [-0.05, 0) is 43.2 Å². The van der Waals surface area contributed by atoms with Gasteiger partial charge in [-0.15, -0.1) is 0 Å². The van der Waals surface area contributed by atoms with Crippen molar-refractivity contribution in [3.05, 3.63) is 29.8 Å². The van der Waals surface area contributed by atoms with E-state index < -0.39 is 0 Å². The van der Waals surface area contributed by atoms with E-state index in [0.29, 0.717) is 0 Å². The van der Waals surface area contributed by atoms with Gasteiger partial charge in [0, 0.05) is 17.5 Å². The summed E-state index contributed by atoms with van der Waals surface area (Å²) in [5.41, 5.74) is 2.69. The third kappa shape index (κ3) is 2.44. The Kier molecular flexibility index (Phi) is 3.35. The van der Waals surface area contributed by atoms with Crippen LogP contribution in [0.15, 0.2) is 24.3 Å². The van der Waals surface area contributed by atoms with Crippen LogP contribution in [0.5, 0.6) is 0 Å². The second-order valence-corrected chi connectivity index (χ2v) is 4.77.